The van der Waals surface area contributed by atoms with Crippen molar-refractivity contribution in [3.05, 3.63) is 69.5 Å². The Bertz CT molecular complexity index is 540. The molecular formula is C14H12Cl2FN. The summed E-state index contributed by atoms with van der Waals surface area (Å²) < 4.78 is 12.8. The predicted molar refractivity (Wildman–Crippen MR) is 73.5 cm³/mol. The van der Waals surface area contributed by atoms with Crippen molar-refractivity contribution in [3.8, 4) is 0 Å². The minimum atomic E-state index is -0.268. The monoisotopic (exact) mass is 283 g/mol. The molecule has 0 radical (unpaired) electrons. The van der Waals surface area contributed by atoms with Crippen molar-refractivity contribution in [1.82, 2.24) is 0 Å². The number of hydrogen-bond acceptors (Lipinski definition) is 1. The summed E-state index contributed by atoms with van der Waals surface area (Å²) in [5.74, 6) is -0.268. The maximum absolute atomic E-state index is 12.8. The summed E-state index contributed by atoms with van der Waals surface area (Å²) in [5, 5.41) is 1.19. The van der Waals surface area contributed by atoms with Gasteiger partial charge in [0.05, 0.1) is 0 Å². The fourth-order valence-corrected chi connectivity index (χ4v) is 2.24. The van der Waals surface area contributed by atoms with E-state index in [4.69, 9.17) is 28.9 Å². The number of halogens is 3. The third-order valence-corrected chi connectivity index (χ3v) is 3.34. The minimum Gasteiger partial charge on any atom is -0.324 e. The highest BCUT2D eigenvalue weighted by atomic mass is 35.5. The number of nitrogens with two attached hydrogens (primary N) is 1. The summed E-state index contributed by atoms with van der Waals surface area (Å²) in [5.41, 5.74) is 7.88. The maximum Gasteiger partial charge on any atom is 0.123 e. The molecule has 18 heavy (non-hydrogen) atoms. The summed E-state index contributed by atoms with van der Waals surface area (Å²) in [6, 6.07) is 11.3. The van der Waals surface area contributed by atoms with Gasteiger partial charge in [0, 0.05) is 16.1 Å². The highest BCUT2D eigenvalue weighted by Crippen LogP contribution is 2.25. The smallest absolute Gasteiger partial charge is 0.123 e. The average molecular weight is 284 g/mol. The Labute approximate surface area is 115 Å². The van der Waals surface area contributed by atoms with Crippen LogP contribution in [-0.2, 0) is 6.42 Å². The second kappa shape index (κ2) is 5.70. The van der Waals surface area contributed by atoms with Gasteiger partial charge in [0.15, 0.2) is 0 Å². The van der Waals surface area contributed by atoms with Crippen LogP contribution in [0.1, 0.15) is 17.2 Å². The molecule has 0 aliphatic rings. The molecule has 0 aromatic heterocycles. The molecule has 2 aromatic carbocycles. The van der Waals surface area contributed by atoms with Crippen molar-refractivity contribution in [1.29, 1.82) is 0 Å². The maximum atomic E-state index is 12.8. The SMILES string of the molecule is N[C@H](Cc1ccc(Cl)cc1Cl)c1ccc(F)cc1. The van der Waals surface area contributed by atoms with Crippen molar-refractivity contribution in [2.24, 2.45) is 5.73 Å². The van der Waals surface area contributed by atoms with Crippen LogP contribution in [0.3, 0.4) is 0 Å². The highest BCUT2D eigenvalue weighted by molar-refractivity contribution is 6.35. The van der Waals surface area contributed by atoms with Crippen LogP contribution in [0.4, 0.5) is 4.39 Å². The van der Waals surface area contributed by atoms with Crippen LogP contribution >= 0.6 is 23.2 Å². The van der Waals surface area contributed by atoms with Gasteiger partial charge in [0.25, 0.3) is 0 Å². The van der Waals surface area contributed by atoms with E-state index in [-0.39, 0.29) is 11.9 Å². The molecule has 0 spiro atoms. The Hall–Kier alpha value is -1.09. The number of rotatable bonds is 3. The molecule has 0 heterocycles. The van der Waals surface area contributed by atoms with Crippen LogP contribution in [-0.4, -0.2) is 0 Å². The van der Waals surface area contributed by atoms with E-state index >= 15 is 0 Å². The van der Waals surface area contributed by atoms with Crippen molar-refractivity contribution in [2.75, 3.05) is 0 Å². The third kappa shape index (κ3) is 3.22. The molecule has 2 aromatic rings. The second-order valence-corrected chi connectivity index (χ2v) is 4.94. The van der Waals surface area contributed by atoms with Crippen molar-refractivity contribution in [2.45, 2.75) is 12.5 Å². The van der Waals surface area contributed by atoms with Gasteiger partial charge in [-0.25, -0.2) is 4.39 Å². The second-order valence-electron chi connectivity index (χ2n) is 4.10. The van der Waals surface area contributed by atoms with E-state index < -0.39 is 0 Å². The molecular weight excluding hydrogens is 272 g/mol. The molecule has 0 aliphatic carbocycles. The molecule has 2 N–H and O–H groups in total. The normalized spacial score (nSPS) is 12.4. The zero-order valence-electron chi connectivity index (χ0n) is 9.54. The van der Waals surface area contributed by atoms with Crippen molar-refractivity contribution < 1.29 is 4.39 Å². The van der Waals surface area contributed by atoms with Crippen LogP contribution in [0.15, 0.2) is 42.5 Å². The van der Waals surface area contributed by atoms with Crippen LogP contribution in [0, 0.1) is 5.82 Å². The van der Waals surface area contributed by atoms with Crippen LogP contribution in [0.25, 0.3) is 0 Å². The number of benzene rings is 2. The van der Waals surface area contributed by atoms with Crippen molar-refractivity contribution >= 4 is 23.2 Å². The van der Waals surface area contributed by atoms with Crippen LogP contribution in [0.5, 0.6) is 0 Å². The largest absolute Gasteiger partial charge is 0.324 e. The van der Waals surface area contributed by atoms with Gasteiger partial charge in [-0.2, -0.15) is 0 Å². The Kier molecular flexibility index (Phi) is 4.23. The molecule has 1 nitrogen and oxygen atoms in total. The van der Waals surface area contributed by atoms with Crippen molar-refractivity contribution in [3.63, 3.8) is 0 Å². The van der Waals surface area contributed by atoms with Gasteiger partial charge >= 0.3 is 0 Å². The third-order valence-electron chi connectivity index (χ3n) is 2.75. The zero-order valence-corrected chi connectivity index (χ0v) is 11.0. The molecule has 0 fully saturated rings. The zero-order chi connectivity index (χ0) is 13.1. The van der Waals surface area contributed by atoms with Crippen LogP contribution in [0.2, 0.25) is 10.0 Å². The molecule has 0 unspecified atom stereocenters. The van der Waals surface area contributed by atoms with E-state index in [1.54, 1.807) is 24.3 Å². The first-order valence-electron chi connectivity index (χ1n) is 5.51. The summed E-state index contributed by atoms with van der Waals surface area (Å²) in [6.45, 7) is 0. The Morgan fingerprint density at radius 3 is 2.33 bits per heavy atom. The molecule has 0 saturated heterocycles. The Balaban J connectivity index is 2.15. The van der Waals surface area contributed by atoms with Gasteiger partial charge < -0.3 is 5.73 Å². The van der Waals surface area contributed by atoms with Crippen LogP contribution < -0.4 is 5.73 Å². The van der Waals surface area contributed by atoms with E-state index in [0.29, 0.717) is 16.5 Å². The molecule has 2 rings (SSSR count). The lowest BCUT2D eigenvalue weighted by Gasteiger charge is -2.13. The Morgan fingerprint density at radius 2 is 1.72 bits per heavy atom. The highest BCUT2D eigenvalue weighted by Gasteiger charge is 2.10. The van der Waals surface area contributed by atoms with E-state index in [9.17, 15) is 4.39 Å². The van der Waals surface area contributed by atoms with Gasteiger partial charge in [-0.05, 0) is 41.8 Å². The van der Waals surface area contributed by atoms with E-state index in [1.165, 1.54) is 12.1 Å². The van der Waals surface area contributed by atoms with E-state index in [2.05, 4.69) is 0 Å². The Morgan fingerprint density at radius 1 is 1.06 bits per heavy atom. The van der Waals surface area contributed by atoms with Gasteiger partial charge in [0.1, 0.15) is 5.82 Å². The fourth-order valence-electron chi connectivity index (χ4n) is 1.75. The molecule has 0 aliphatic heterocycles. The molecule has 1 atom stereocenters. The molecule has 4 heteroatoms. The van der Waals surface area contributed by atoms with Gasteiger partial charge in [-0.15, -0.1) is 0 Å². The quantitative estimate of drug-likeness (QED) is 0.889. The summed E-state index contributed by atoms with van der Waals surface area (Å²) in [4.78, 5) is 0. The fraction of sp³-hybridized carbons (Fsp3) is 0.143. The standard InChI is InChI=1S/C14H12Cl2FN/c15-11-4-1-10(13(16)8-11)7-14(18)9-2-5-12(17)6-3-9/h1-6,8,14H,7,18H2/t14-/m1/s1. The predicted octanol–water partition coefficient (Wildman–Crippen LogP) is 4.38. The first kappa shape index (κ1) is 13.3. The molecule has 94 valence electrons. The minimum absolute atomic E-state index is 0.218. The number of hydrogen-bond donors (Lipinski definition) is 1. The van der Waals surface area contributed by atoms with E-state index in [0.717, 1.165) is 11.1 Å². The molecule has 0 saturated carbocycles. The lowest BCUT2D eigenvalue weighted by atomic mass is 10.00. The summed E-state index contributed by atoms with van der Waals surface area (Å²) in [7, 11) is 0. The first-order valence-corrected chi connectivity index (χ1v) is 6.27. The lowest BCUT2D eigenvalue weighted by molar-refractivity contribution is 0.624. The van der Waals surface area contributed by atoms with E-state index in [1.807, 2.05) is 6.07 Å². The van der Waals surface area contributed by atoms with Gasteiger partial charge in [-0.3, -0.25) is 0 Å². The molecule has 0 amide bonds. The molecule has 0 bridgehead atoms. The van der Waals surface area contributed by atoms with Gasteiger partial charge in [0.2, 0.25) is 0 Å². The summed E-state index contributed by atoms with van der Waals surface area (Å²) >= 11 is 11.9. The average Bonchev–Trinajstić information content (AvgIpc) is 2.33. The topological polar surface area (TPSA) is 26.0 Å². The van der Waals surface area contributed by atoms with Gasteiger partial charge in [-0.1, -0.05) is 41.4 Å². The lowest BCUT2D eigenvalue weighted by Crippen LogP contribution is -2.13. The summed E-state index contributed by atoms with van der Waals surface area (Å²) in [6.07, 6.45) is 0.585. The first-order chi connectivity index (χ1) is 8.56.